The summed E-state index contributed by atoms with van der Waals surface area (Å²) in [7, 11) is 0. The molecule has 0 bridgehead atoms. The van der Waals surface area contributed by atoms with Crippen molar-refractivity contribution in [2.45, 2.75) is 27.7 Å². The van der Waals surface area contributed by atoms with Crippen LogP contribution in [0, 0.1) is 27.7 Å². The molecule has 14 aromatic carbocycles. The molecule has 0 unspecified atom stereocenters. The summed E-state index contributed by atoms with van der Waals surface area (Å²) in [5, 5.41) is 9.74. The smallest absolute Gasteiger partial charge is 0.0620 e. The van der Waals surface area contributed by atoms with E-state index in [-0.39, 0.29) is 0 Å². The molecule has 16 rings (SSSR count). The number of benzene rings is 14. The van der Waals surface area contributed by atoms with Crippen LogP contribution >= 0.6 is 0 Å². The fourth-order valence-electron chi connectivity index (χ4n) is 13.5. The van der Waals surface area contributed by atoms with E-state index in [1.54, 1.807) is 0 Å². The molecule has 2 heterocycles. The summed E-state index contributed by atoms with van der Waals surface area (Å²) in [5.41, 5.74) is 27.1. The molecule has 412 valence electrons. The lowest BCUT2D eigenvalue weighted by atomic mass is 9.97. The van der Waals surface area contributed by atoms with Crippen molar-refractivity contribution in [1.29, 1.82) is 0 Å². The Kier molecular flexibility index (Phi) is 12.4. The molecule has 87 heavy (non-hydrogen) atoms. The number of hydrogen-bond acceptors (Lipinski definition) is 2. The Morgan fingerprint density at radius 3 is 0.828 bits per heavy atom. The zero-order chi connectivity index (χ0) is 58.3. The molecule has 0 amide bonds. The predicted molar refractivity (Wildman–Crippen MR) is 372 cm³/mol. The first kappa shape index (κ1) is 51.6. The van der Waals surface area contributed by atoms with Crippen molar-refractivity contribution in [3.05, 3.63) is 320 Å². The summed E-state index contributed by atoms with van der Waals surface area (Å²) < 4.78 is 2.57. The van der Waals surface area contributed by atoms with Gasteiger partial charge in [0.1, 0.15) is 0 Å². The Balaban J connectivity index is 0.922. The molecule has 0 aliphatic carbocycles. The van der Waals surface area contributed by atoms with Crippen LogP contribution in [0.3, 0.4) is 0 Å². The number of rotatable bonds is 11. The van der Waals surface area contributed by atoms with E-state index in [9.17, 15) is 0 Å². The van der Waals surface area contributed by atoms with E-state index < -0.39 is 0 Å². The SMILES string of the molecule is Cc1ccc(-c2ccccc2)cc1N(c1ccc2cc3c4cc(-c5ccccc5)cc5c6cc7ccc(N(c8cc(-c9ccccc9)ccc8C)c8cc(-c9ccccc9)ccc8C)cc7cc6n(c3cc2c1)c45)c1cc(-c2ccccc2)ccc1C. The topological polar surface area (TPSA) is 10.9 Å². The van der Waals surface area contributed by atoms with Crippen molar-refractivity contribution in [1.82, 2.24) is 4.40 Å². The molecule has 0 atom stereocenters. The highest BCUT2D eigenvalue weighted by Crippen LogP contribution is 2.48. The van der Waals surface area contributed by atoms with Gasteiger partial charge < -0.3 is 14.2 Å². The van der Waals surface area contributed by atoms with Crippen LogP contribution in [0.2, 0.25) is 0 Å². The van der Waals surface area contributed by atoms with Gasteiger partial charge >= 0.3 is 0 Å². The van der Waals surface area contributed by atoms with Crippen LogP contribution in [0.4, 0.5) is 34.1 Å². The quantitative estimate of drug-likeness (QED) is 0.128. The summed E-state index contributed by atoms with van der Waals surface area (Å²) in [6.07, 6.45) is 0. The van der Waals surface area contributed by atoms with Gasteiger partial charge in [0.25, 0.3) is 0 Å². The van der Waals surface area contributed by atoms with Crippen LogP contribution in [-0.2, 0) is 0 Å². The second-order valence-corrected chi connectivity index (χ2v) is 23.6. The van der Waals surface area contributed by atoms with Gasteiger partial charge in [-0.15, -0.1) is 0 Å². The molecule has 2 aromatic heterocycles. The minimum absolute atomic E-state index is 1.10. The molecule has 0 N–H and O–H groups in total. The standard InChI is InChI=1S/C84H61N3/c1-54-30-34-65(58-20-10-5-11-21-58)48-78(54)85(79-49-66(35-31-55(79)2)59-22-12-6-13-23-59)72-40-38-63-44-74-76-46-71(62-28-18-9-19-29-62)47-77-75-45-64-39-41-73(43-70(64)53-83(75)87(84(76)77)82(74)52-69(63)42-72)86(80-50-67(36-32-56(80)3)60-24-14-7-15-25-60)81-51-68(37-33-57(81)4)61-26-16-8-17-27-61/h5-53H,1-4H3. The first-order chi connectivity index (χ1) is 42.8. The number of hydrogen-bond donors (Lipinski definition) is 0. The molecule has 0 aliphatic heterocycles. The molecule has 16 aromatic rings. The van der Waals surface area contributed by atoms with Gasteiger partial charge in [0.05, 0.1) is 16.6 Å². The molecular formula is C84H61N3. The zero-order valence-electron chi connectivity index (χ0n) is 49.1. The maximum absolute atomic E-state index is 2.57. The van der Waals surface area contributed by atoms with Gasteiger partial charge in [-0.3, -0.25) is 0 Å². The Morgan fingerprint density at radius 2 is 0.517 bits per heavy atom. The molecular weight excluding hydrogens is 1050 g/mol. The van der Waals surface area contributed by atoms with Crippen LogP contribution < -0.4 is 9.80 Å². The molecule has 3 nitrogen and oxygen atoms in total. The van der Waals surface area contributed by atoms with Crippen molar-refractivity contribution >= 4 is 93.8 Å². The zero-order valence-corrected chi connectivity index (χ0v) is 49.1. The maximum Gasteiger partial charge on any atom is 0.0620 e. The van der Waals surface area contributed by atoms with E-state index in [0.717, 1.165) is 34.1 Å². The van der Waals surface area contributed by atoms with Crippen LogP contribution in [0.25, 0.3) is 115 Å². The Morgan fingerprint density at radius 1 is 0.218 bits per heavy atom. The van der Waals surface area contributed by atoms with E-state index in [2.05, 4.69) is 339 Å². The van der Waals surface area contributed by atoms with Crippen LogP contribution in [0.5, 0.6) is 0 Å². The van der Waals surface area contributed by atoms with Gasteiger partial charge in [-0.25, -0.2) is 0 Å². The summed E-state index contributed by atoms with van der Waals surface area (Å²) in [4.78, 5) is 4.98. The fourth-order valence-corrected chi connectivity index (χ4v) is 13.5. The predicted octanol–water partition coefficient (Wildman–Crippen LogP) is 23.7. The summed E-state index contributed by atoms with van der Waals surface area (Å²) in [6, 6.07) is 110. The first-order valence-corrected chi connectivity index (χ1v) is 30.2. The van der Waals surface area contributed by atoms with Gasteiger partial charge in [-0.05, 0) is 212 Å². The Bertz CT molecular complexity index is 4810. The van der Waals surface area contributed by atoms with Gasteiger partial charge in [0, 0.05) is 55.7 Å². The van der Waals surface area contributed by atoms with Crippen LogP contribution in [-0.4, -0.2) is 4.40 Å². The first-order valence-electron chi connectivity index (χ1n) is 30.2. The number of nitrogens with zero attached hydrogens (tertiary/aromatic N) is 3. The molecule has 0 saturated carbocycles. The number of aromatic nitrogens is 1. The monoisotopic (exact) mass is 1110 g/mol. The molecule has 0 fully saturated rings. The van der Waals surface area contributed by atoms with E-state index in [4.69, 9.17) is 0 Å². The molecule has 0 aliphatic rings. The third-order valence-electron chi connectivity index (χ3n) is 18.1. The Labute approximate surface area is 507 Å². The van der Waals surface area contributed by atoms with E-state index in [0.29, 0.717) is 0 Å². The lowest BCUT2D eigenvalue weighted by Gasteiger charge is -2.30. The minimum atomic E-state index is 1.10. The van der Waals surface area contributed by atoms with Crippen LogP contribution in [0.15, 0.2) is 297 Å². The molecule has 0 spiro atoms. The minimum Gasteiger partial charge on any atom is -0.310 e. The summed E-state index contributed by atoms with van der Waals surface area (Å²) in [6.45, 7) is 8.96. The lowest BCUT2D eigenvalue weighted by Crippen LogP contribution is -2.13. The third-order valence-corrected chi connectivity index (χ3v) is 18.1. The van der Waals surface area contributed by atoms with Crippen molar-refractivity contribution in [3.63, 3.8) is 0 Å². The van der Waals surface area contributed by atoms with Gasteiger partial charge in [-0.2, -0.15) is 0 Å². The second kappa shape index (κ2) is 21.0. The van der Waals surface area contributed by atoms with Crippen molar-refractivity contribution < 1.29 is 0 Å². The second-order valence-electron chi connectivity index (χ2n) is 23.6. The van der Waals surface area contributed by atoms with Gasteiger partial charge in [0.15, 0.2) is 0 Å². The number of aryl methyl sites for hydroxylation is 4. The third kappa shape index (κ3) is 8.98. The average Bonchev–Trinajstić information content (AvgIpc) is 1.57. The van der Waals surface area contributed by atoms with Crippen LogP contribution in [0.1, 0.15) is 22.3 Å². The summed E-state index contributed by atoms with van der Waals surface area (Å²) >= 11 is 0. The molecule has 3 heteroatoms. The molecule has 0 radical (unpaired) electrons. The highest BCUT2D eigenvalue weighted by molar-refractivity contribution is 6.27. The van der Waals surface area contributed by atoms with E-state index >= 15 is 0 Å². The van der Waals surface area contributed by atoms with Crippen molar-refractivity contribution in [3.8, 4) is 55.6 Å². The highest BCUT2D eigenvalue weighted by atomic mass is 15.2. The maximum atomic E-state index is 2.57. The number of fused-ring (bicyclic) bond motifs is 8. The lowest BCUT2D eigenvalue weighted by molar-refractivity contribution is 1.23. The Hall–Kier alpha value is -11.0. The van der Waals surface area contributed by atoms with E-state index in [1.165, 1.54) is 138 Å². The largest absolute Gasteiger partial charge is 0.310 e. The highest BCUT2D eigenvalue weighted by Gasteiger charge is 2.25. The fraction of sp³-hybridized carbons (Fsp3) is 0.0476. The van der Waals surface area contributed by atoms with Crippen molar-refractivity contribution in [2.75, 3.05) is 9.80 Å². The summed E-state index contributed by atoms with van der Waals surface area (Å²) in [5.74, 6) is 0. The normalized spacial score (nSPS) is 11.7. The van der Waals surface area contributed by atoms with E-state index in [1.807, 2.05) is 0 Å². The average molecular weight is 1110 g/mol. The molecule has 0 saturated heterocycles. The van der Waals surface area contributed by atoms with Gasteiger partial charge in [0.2, 0.25) is 0 Å². The number of anilines is 6. The van der Waals surface area contributed by atoms with Crippen molar-refractivity contribution in [2.24, 2.45) is 0 Å². The van der Waals surface area contributed by atoms with Gasteiger partial charge in [-0.1, -0.05) is 212 Å².